The third-order valence-electron chi connectivity index (χ3n) is 3.93. The predicted molar refractivity (Wildman–Crippen MR) is 94.5 cm³/mol. The van der Waals surface area contributed by atoms with Gasteiger partial charge in [0.1, 0.15) is 0 Å². The van der Waals surface area contributed by atoms with Crippen molar-refractivity contribution >= 4 is 27.6 Å². The first-order valence-corrected chi connectivity index (χ1v) is 10.8. The average Bonchev–Trinajstić information content (AvgIpc) is 2.83. The SMILES string of the molecule is CSc1cccc(CN(C(=O)NC2CCS(=O)(=O)C2)C(C)C)c1. The van der Waals surface area contributed by atoms with Gasteiger partial charge in [-0.2, -0.15) is 0 Å². The smallest absolute Gasteiger partial charge is 0.318 e. The van der Waals surface area contributed by atoms with Gasteiger partial charge in [0.25, 0.3) is 0 Å². The number of amides is 2. The molecule has 0 spiro atoms. The lowest BCUT2D eigenvalue weighted by Crippen LogP contribution is -2.47. The highest BCUT2D eigenvalue weighted by Gasteiger charge is 2.30. The Kier molecular flexibility index (Phi) is 5.97. The van der Waals surface area contributed by atoms with E-state index in [2.05, 4.69) is 11.4 Å². The van der Waals surface area contributed by atoms with Gasteiger partial charge in [-0.3, -0.25) is 0 Å². The molecule has 0 aliphatic carbocycles. The van der Waals surface area contributed by atoms with Crippen LogP contribution < -0.4 is 5.32 Å². The van der Waals surface area contributed by atoms with Gasteiger partial charge in [-0.25, -0.2) is 13.2 Å². The minimum absolute atomic E-state index is 0.0333. The molecule has 0 aromatic heterocycles. The van der Waals surface area contributed by atoms with Crippen LogP contribution in [0.4, 0.5) is 4.79 Å². The molecule has 1 aliphatic rings. The summed E-state index contributed by atoms with van der Waals surface area (Å²) in [7, 11) is -2.99. The van der Waals surface area contributed by atoms with E-state index in [9.17, 15) is 13.2 Å². The van der Waals surface area contributed by atoms with Crippen LogP contribution in [0.3, 0.4) is 0 Å². The molecule has 2 rings (SSSR count). The predicted octanol–water partition coefficient (Wildman–Crippen LogP) is 2.52. The van der Waals surface area contributed by atoms with Crippen LogP contribution in [0.2, 0.25) is 0 Å². The molecule has 1 aromatic carbocycles. The van der Waals surface area contributed by atoms with E-state index in [4.69, 9.17) is 0 Å². The van der Waals surface area contributed by atoms with Crippen LogP contribution in [-0.4, -0.2) is 49.2 Å². The van der Waals surface area contributed by atoms with Crippen molar-refractivity contribution in [1.29, 1.82) is 0 Å². The number of hydrogen-bond acceptors (Lipinski definition) is 4. The second-order valence-corrected chi connectivity index (χ2v) is 9.23. The first kappa shape index (κ1) is 18.1. The van der Waals surface area contributed by atoms with Crippen LogP contribution in [0, 0.1) is 0 Å². The van der Waals surface area contributed by atoms with Gasteiger partial charge < -0.3 is 10.2 Å². The Morgan fingerprint density at radius 3 is 2.74 bits per heavy atom. The van der Waals surface area contributed by atoms with E-state index in [1.54, 1.807) is 16.7 Å². The topological polar surface area (TPSA) is 66.5 Å². The van der Waals surface area contributed by atoms with E-state index >= 15 is 0 Å². The minimum atomic E-state index is -2.99. The summed E-state index contributed by atoms with van der Waals surface area (Å²) in [5, 5.41) is 2.87. The second-order valence-electron chi connectivity index (χ2n) is 6.12. The lowest BCUT2D eigenvalue weighted by molar-refractivity contribution is 0.176. The van der Waals surface area contributed by atoms with Gasteiger partial charge in [0.15, 0.2) is 9.84 Å². The van der Waals surface area contributed by atoms with Crippen LogP contribution in [0.1, 0.15) is 25.8 Å². The monoisotopic (exact) mass is 356 g/mol. The molecule has 1 atom stereocenters. The Bertz CT molecular complexity index is 659. The fraction of sp³-hybridized carbons (Fsp3) is 0.562. The number of nitrogens with one attached hydrogen (secondary N) is 1. The first-order chi connectivity index (χ1) is 10.8. The van der Waals surface area contributed by atoms with Crippen LogP contribution in [0.15, 0.2) is 29.2 Å². The van der Waals surface area contributed by atoms with Gasteiger partial charge in [-0.05, 0) is 44.2 Å². The van der Waals surface area contributed by atoms with Gasteiger partial charge in [0, 0.05) is 23.5 Å². The van der Waals surface area contributed by atoms with E-state index in [0.29, 0.717) is 13.0 Å². The van der Waals surface area contributed by atoms with Gasteiger partial charge in [0.2, 0.25) is 0 Å². The lowest BCUT2D eigenvalue weighted by atomic mass is 10.2. The molecule has 7 heteroatoms. The fourth-order valence-corrected chi connectivity index (χ4v) is 4.78. The van der Waals surface area contributed by atoms with Gasteiger partial charge >= 0.3 is 6.03 Å². The Balaban J connectivity index is 2.04. The highest BCUT2D eigenvalue weighted by atomic mass is 32.2. The molecule has 5 nitrogen and oxygen atoms in total. The Labute approximate surface area is 142 Å². The zero-order chi connectivity index (χ0) is 17.0. The number of hydrogen-bond donors (Lipinski definition) is 1. The van der Waals surface area contributed by atoms with E-state index in [0.717, 1.165) is 10.5 Å². The van der Waals surface area contributed by atoms with Crippen molar-refractivity contribution in [3.63, 3.8) is 0 Å². The minimum Gasteiger partial charge on any atom is -0.334 e. The number of sulfone groups is 1. The van der Waals surface area contributed by atoms with E-state index in [-0.39, 0.29) is 29.6 Å². The van der Waals surface area contributed by atoms with Gasteiger partial charge in [0.05, 0.1) is 11.5 Å². The quantitative estimate of drug-likeness (QED) is 0.823. The maximum absolute atomic E-state index is 12.5. The molecular weight excluding hydrogens is 332 g/mol. The molecule has 1 heterocycles. The molecule has 1 aliphatic heterocycles. The number of rotatable bonds is 5. The normalized spacial score (nSPS) is 19.7. The summed E-state index contributed by atoms with van der Waals surface area (Å²) in [4.78, 5) is 15.4. The number of carbonyl (C=O) groups is 1. The first-order valence-electron chi connectivity index (χ1n) is 7.71. The van der Waals surface area contributed by atoms with E-state index in [1.807, 2.05) is 38.3 Å². The zero-order valence-electron chi connectivity index (χ0n) is 13.8. The van der Waals surface area contributed by atoms with Gasteiger partial charge in [-0.1, -0.05) is 12.1 Å². The summed E-state index contributed by atoms with van der Waals surface area (Å²) in [5.41, 5.74) is 1.07. The number of thioether (sulfide) groups is 1. The Morgan fingerprint density at radius 2 is 2.17 bits per heavy atom. The molecule has 1 fully saturated rings. The maximum Gasteiger partial charge on any atom is 0.318 e. The van der Waals surface area contributed by atoms with E-state index < -0.39 is 9.84 Å². The molecule has 1 aromatic rings. The molecule has 0 bridgehead atoms. The molecular formula is C16H24N2O3S2. The highest BCUT2D eigenvalue weighted by molar-refractivity contribution is 7.98. The summed E-state index contributed by atoms with van der Waals surface area (Å²) in [6.45, 7) is 4.43. The van der Waals surface area contributed by atoms with Crippen molar-refractivity contribution in [3.8, 4) is 0 Å². The van der Waals surface area contributed by atoms with Crippen molar-refractivity contribution < 1.29 is 13.2 Å². The third-order valence-corrected chi connectivity index (χ3v) is 6.42. The van der Waals surface area contributed by atoms with Gasteiger partial charge in [-0.15, -0.1) is 11.8 Å². The van der Waals surface area contributed by atoms with Crippen molar-refractivity contribution in [1.82, 2.24) is 10.2 Å². The fourth-order valence-electron chi connectivity index (χ4n) is 2.62. The molecule has 2 amide bonds. The van der Waals surface area contributed by atoms with Crippen molar-refractivity contribution in [2.45, 2.75) is 43.8 Å². The number of carbonyl (C=O) groups excluding carboxylic acids is 1. The molecule has 0 saturated carbocycles. The highest BCUT2D eigenvalue weighted by Crippen LogP contribution is 2.18. The Morgan fingerprint density at radius 1 is 1.43 bits per heavy atom. The number of urea groups is 1. The van der Waals surface area contributed by atoms with Crippen LogP contribution in [-0.2, 0) is 16.4 Å². The molecule has 1 unspecified atom stereocenters. The molecule has 1 N–H and O–H groups in total. The molecule has 0 radical (unpaired) electrons. The Hall–Kier alpha value is -1.21. The van der Waals surface area contributed by atoms with Crippen LogP contribution in [0.25, 0.3) is 0 Å². The van der Waals surface area contributed by atoms with Crippen molar-refractivity contribution in [2.75, 3.05) is 17.8 Å². The average molecular weight is 357 g/mol. The van der Waals surface area contributed by atoms with Crippen molar-refractivity contribution in [3.05, 3.63) is 29.8 Å². The molecule has 128 valence electrons. The lowest BCUT2D eigenvalue weighted by Gasteiger charge is -2.28. The van der Waals surface area contributed by atoms with Crippen LogP contribution in [0.5, 0.6) is 0 Å². The largest absolute Gasteiger partial charge is 0.334 e. The second kappa shape index (κ2) is 7.57. The third kappa shape index (κ3) is 5.14. The number of benzene rings is 1. The zero-order valence-corrected chi connectivity index (χ0v) is 15.4. The maximum atomic E-state index is 12.5. The summed E-state index contributed by atoms with van der Waals surface area (Å²) < 4.78 is 23.0. The van der Waals surface area contributed by atoms with Crippen LogP contribution >= 0.6 is 11.8 Å². The summed E-state index contributed by atoms with van der Waals surface area (Å²) in [6, 6.07) is 7.67. The van der Waals surface area contributed by atoms with E-state index in [1.165, 1.54) is 0 Å². The summed E-state index contributed by atoms with van der Waals surface area (Å²) in [6.07, 6.45) is 2.52. The summed E-state index contributed by atoms with van der Waals surface area (Å²) >= 11 is 1.67. The van der Waals surface area contributed by atoms with Crippen molar-refractivity contribution in [2.24, 2.45) is 0 Å². The molecule has 1 saturated heterocycles. The summed E-state index contributed by atoms with van der Waals surface area (Å²) in [5.74, 6) is 0.210. The number of nitrogens with zero attached hydrogens (tertiary/aromatic N) is 1. The standard InChI is InChI=1S/C16H24N2O3S2/c1-12(2)18(10-13-5-4-6-15(9-13)22-3)16(19)17-14-7-8-23(20,21)11-14/h4-6,9,12,14H,7-8,10-11H2,1-3H3,(H,17,19). The molecule has 23 heavy (non-hydrogen) atoms.